The molecule has 2 saturated carbocycles. The van der Waals surface area contributed by atoms with E-state index in [0.717, 1.165) is 32.3 Å². The zero-order valence-corrected chi connectivity index (χ0v) is 17.9. The van der Waals surface area contributed by atoms with Crippen molar-refractivity contribution in [2.24, 2.45) is 16.7 Å². The predicted octanol–water partition coefficient (Wildman–Crippen LogP) is 6.32. The Labute approximate surface area is 161 Å². The number of carbonyl (C=O) groups is 1. The molecular weight excluding hydrogens is 324 g/mol. The van der Waals surface area contributed by atoms with Crippen LogP contribution in [0, 0.1) is 16.7 Å². The van der Waals surface area contributed by atoms with Gasteiger partial charge in [0.1, 0.15) is 6.29 Å². The molecule has 0 amide bonds. The molecule has 3 nitrogen and oxygen atoms in total. The molecule has 0 bridgehead atoms. The highest BCUT2D eigenvalue weighted by Crippen LogP contribution is 2.38. The maximum absolute atomic E-state index is 10.4. The maximum atomic E-state index is 10.4. The Morgan fingerprint density at radius 3 is 1.81 bits per heavy atom. The summed E-state index contributed by atoms with van der Waals surface area (Å²) in [5.74, 6) is 0.369. The van der Waals surface area contributed by atoms with Crippen LogP contribution in [0.15, 0.2) is 11.8 Å². The van der Waals surface area contributed by atoms with Gasteiger partial charge >= 0.3 is 0 Å². The van der Waals surface area contributed by atoms with Crippen LogP contribution in [0.1, 0.15) is 91.9 Å². The summed E-state index contributed by atoms with van der Waals surface area (Å²) in [6.45, 7) is 11.3. The van der Waals surface area contributed by atoms with Crippen LogP contribution in [0.25, 0.3) is 0 Å². The van der Waals surface area contributed by atoms with Crippen molar-refractivity contribution in [3.63, 3.8) is 0 Å². The van der Waals surface area contributed by atoms with E-state index >= 15 is 0 Å². The molecule has 1 heterocycles. The highest BCUT2D eigenvalue weighted by molar-refractivity contribution is 5.53. The number of carbonyl (C=O) groups excluding carboxylic acids is 1. The van der Waals surface area contributed by atoms with Crippen molar-refractivity contribution in [2.45, 2.75) is 91.9 Å². The quantitative estimate of drug-likeness (QED) is 0.424. The second-order valence-electron chi connectivity index (χ2n) is 9.63. The van der Waals surface area contributed by atoms with Gasteiger partial charge in [-0.05, 0) is 80.6 Å². The average molecular weight is 367 g/mol. The van der Waals surface area contributed by atoms with Gasteiger partial charge in [-0.2, -0.15) is 0 Å². The van der Waals surface area contributed by atoms with Crippen molar-refractivity contribution < 1.29 is 14.3 Å². The molecule has 3 heteroatoms. The first-order valence-corrected chi connectivity index (χ1v) is 10.5. The van der Waals surface area contributed by atoms with Gasteiger partial charge in [0.25, 0.3) is 0 Å². The van der Waals surface area contributed by atoms with Gasteiger partial charge in [0.05, 0.1) is 13.4 Å². The number of rotatable bonds is 2. The van der Waals surface area contributed by atoms with Crippen LogP contribution >= 0.6 is 0 Å². The standard InChI is InChI=1S/C10H18O.C9H16O.C4H8O/c1-10(2)6-4-9(5-7-10)8-11-3;1-9(2)5-3-8(7-10)4-6-9;1-2-4-5-3-1/h8H,4-7H2,1-3H3;7-8H,3-6H2,1-2H3;1-4H2. The fourth-order valence-electron chi connectivity index (χ4n) is 3.60. The van der Waals surface area contributed by atoms with Crippen LogP contribution < -0.4 is 0 Å². The molecule has 0 atom stereocenters. The average Bonchev–Trinajstić information content (AvgIpc) is 3.18. The van der Waals surface area contributed by atoms with Crippen molar-refractivity contribution in [3.8, 4) is 0 Å². The Bertz CT molecular complexity index is 390. The Morgan fingerprint density at radius 1 is 0.923 bits per heavy atom. The third-order valence-corrected chi connectivity index (χ3v) is 5.93. The molecule has 152 valence electrons. The second-order valence-corrected chi connectivity index (χ2v) is 9.63. The monoisotopic (exact) mass is 366 g/mol. The van der Waals surface area contributed by atoms with Gasteiger partial charge in [-0.3, -0.25) is 0 Å². The van der Waals surface area contributed by atoms with Gasteiger partial charge in [0.2, 0.25) is 0 Å². The summed E-state index contributed by atoms with van der Waals surface area (Å²) in [4.78, 5) is 10.4. The van der Waals surface area contributed by atoms with Gasteiger partial charge in [-0.15, -0.1) is 0 Å². The van der Waals surface area contributed by atoms with E-state index in [0.29, 0.717) is 16.7 Å². The molecule has 2 aliphatic carbocycles. The van der Waals surface area contributed by atoms with Crippen molar-refractivity contribution >= 4 is 6.29 Å². The SMILES string of the molecule is C1CCOC1.CC1(C)CCC(C=O)CC1.COC=C1CCC(C)(C)CC1. The molecule has 0 unspecified atom stereocenters. The first-order chi connectivity index (χ1) is 12.3. The van der Waals surface area contributed by atoms with Gasteiger partial charge in [-0.25, -0.2) is 0 Å². The Kier molecular flexibility index (Phi) is 10.5. The fourth-order valence-corrected chi connectivity index (χ4v) is 3.60. The lowest BCUT2D eigenvalue weighted by Crippen LogP contribution is -2.21. The molecule has 26 heavy (non-hydrogen) atoms. The van der Waals surface area contributed by atoms with E-state index in [1.807, 2.05) is 6.26 Å². The number of ether oxygens (including phenoxy) is 2. The number of methoxy groups -OCH3 is 1. The van der Waals surface area contributed by atoms with Crippen LogP contribution in [0.3, 0.4) is 0 Å². The normalized spacial score (nSPS) is 24.4. The minimum absolute atomic E-state index is 0.369. The van der Waals surface area contributed by atoms with E-state index in [-0.39, 0.29) is 0 Å². The predicted molar refractivity (Wildman–Crippen MR) is 109 cm³/mol. The maximum Gasteiger partial charge on any atom is 0.123 e. The smallest absolute Gasteiger partial charge is 0.123 e. The molecule has 1 aliphatic heterocycles. The minimum atomic E-state index is 0.369. The summed E-state index contributed by atoms with van der Waals surface area (Å²) >= 11 is 0. The third-order valence-electron chi connectivity index (χ3n) is 5.93. The van der Waals surface area contributed by atoms with Crippen molar-refractivity contribution in [3.05, 3.63) is 11.8 Å². The Balaban J connectivity index is 0.000000208. The summed E-state index contributed by atoms with van der Waals surface area (Å²) in [5.41, 5.74) is 2.54. The molecule has 3 rings (SSSR count). The summed E-state index contributed by atoms with van der Waals surface area (Å²) in [5, 5.41) is 0. The number of hydrogen-bond acceptors (Lipinski definition) is 3. The minimum Gasteiger partial charge on any atom is -0.504 e. The summed E-state index contributed by atoms with van der Waals surface area (Å²) in [6.07, 6.45) is 15.3. The van der Waals surface area contributed by atoms with Gasteiger partial charge < -0.3 is 14.3 Å². The van der Waals surface area contributed by atoms with Gasteiger partial charge in [0, 0.05) is 19.1 Å². The zero-order chi connectivity index (χ0) is 19.5. The first kappa shape index (κ1) is 23.2. The molecule has 0 aromatic heterocycles. The number of allylic oxidation sites excluding steroid dienone is 1. The molecule has 0 aromatic rings. The van der Waals surface area contributed by atoms with E-state index in [1.165, 1.54) is 56.9 Å². The van der Waals surface area contributed by atoms with E-state index in [1.54, 1.807) is 7.11 Å². The number of hydrogen-bond donors (Lipinski definition) is 0. The lowest BCUT2D eigenvalue weighted by Gasteiger charge is -2.31. The molecule has 0 radical (unpaired) electrons. The molecule has 0 spiro atoms. The van der Waals surface area contributed by atoms with Gasteiger partial charge in [-0.1, -0.05) is 27.7 Å². The second kappa shape index (κ2) is 11.8. The lowest BCUT2D eigenvalue weighted by atomic mass is 9.74. The van der Waals surface area contributed by atoms with E-state index in [9.17, 15) is 4.79 Å². The lowest BCUT2D eigenvalue weighted by molar-refractivity contribution is -0.112. The van der Waals surface area contributed by atoms with Crippen LogP contribution in [-0.4, -0.2) is 26.6 Å². The number of aldehydes is 1. The topological polar surface area (TPSA) is 35.5 Å². The third kappa shape index (κ3) is 10.4. The van der Waals surface area contributed by atoms with E-state index < -0.39 is 0 Å². The molecule has 1 saturated heterocycles. The van der Waals surface area contributed by atoms with E-state index in [4.69, 9.17) is 9.47 Å². The van der Waals surface area contributed by atoms with Crippen LogP contribution in [0.5, 0.6) is 0 Å². The molecular formula is C23H42O3. The molecule has 3 fully saturated rings. The molecule has 3 aliphatic rings. The largest absolute Gasteiger partial charge is 0.504 e. The van der Waals surface area contributed by atoms with Crippen molar-refractivity contribution in [1.82, 2.24) is 0 Å². The van der Waals surface area contributed by atoms with Crippen LogP contribution in [-0.2, 0) is 14.3 Å². The van der Waals surface area contributed by atoms with E-state index in [2.05, 4.69) is 27.7 Å². The zero-order valence-electron chi connectivity index (χ0n) is 17.9. The highest BCUT2D eigenvalue weighted by atomic mass is 16.5. The summed E-state index contributed by atoms with van der Waals surface area (Å²) in [6, 6.07) is 0. The summed E-state index contributed by atoms with van der Waals surface area (Å²) in [7, 11) is 1.73. The van der Waals surface area contributed by atoms with Crippen LogP contribution in [0.2, 0.25) is 0 Å². The Morgan fingerprint density at radius 2 is 1.42 bits per heavy atom. The molecule has 0 aromatic carbocycles. The van der Waals surface area contributed by atoms with Crippen LogP contribution in [0.4, 0.5) is 0 Å². The fraction of sp³-hybridized carbons (Fsp3) is 0.870. The Hall–Kier alpha value is -0.830. The highest BCUT2D eigenvalue weighted by Gasteiger charge is 2.26. The van der Waals surface area contributed by atoms with Gasteiger partial charge in [0.15, 0.2) is 0 Å². The first-order valence-electron chi connectivity index (χ1n) is 10.5. The van der Waals surface area contributed by atoms with Crippen molar-refractivity contribution in [1.29, 1.82) is 0 Å². The molecule has 0 N–H and O–H groups in total. The summed E-state index contributed by atoms with van der Waals surface area (Å²) < 4.78 is 9.93. The van der Waals surface area contributed by atoms with Crippen molar-refractivity contribution in [2.75, 3.05) is 20.3 Å².